The molecule has 0 bridgehead atoms. The normalized spacial score (nSPS) is 11.5. The average Bonchev–Trinajstić information content (AvgIpc) is 2.85. The van der Waals surface area contributed by atoms with E-state index >= 15 is 0 Å². The lowest BCUT2D eigenvalue weighted by atomic mass is 10.2. The first kappa shape index (κ1) is 17.7. The number of aromatic nitrogens is 3. The molecule has 0 spiro atoms. The largest absolute Gasteiger partial charge is 0.489 e. The molecule has 5 nitrogen and oxygen atoms in total. The number of nitrogens with one attached hydrogen (secondary N) is 1. The zero-order valence-corrected chi connectivity index (χ0v) is 15.1. The molecule has 0 aliphatic rings. The van der Waals surface area contributed by atoms with Crippen LogP contribution in [0.15, 0.2) is 23.3 Å². The summed E-state index contributed by atoms with van der Waals surface area (Å²) >= 11 is 11.5. The minimum absolute atomic E-state index is 0.0809. The van der Waals surface area contributed by atoms with Gasteiger partial charge in [-0.25, -0.2) is 0 Å². The van der Waals surface area contributed by atoms with Crippen LogP contribution >= 0.6 is 23.8 Å². The molecular formula is C16H21ClN4OS. The molecule has 7 heteroatoms. The predicted octanol–water partition coefficient (Wildman–Crippen LogP) is 4.61. The molecule has 0 saturated carbocycles. The first-order valence-corrected chi connectivity index (χ1v) is 8.46. The van der Waals surface area contributed by atoms with Gasteiger partial charge in [-0.05, 0) is 56.2 Å². The van der Waals surface area contributed by atoms with Crippen LogP contribution in [0.2, 0.25) is 5.02 Å². The number of hydrogen-bond donors (Lipinski definition) is 1. The van der Waals surface area contributed by atoms with E-state index in [0.717, 1.165) is 30.7 Å². The van der Waals surface area contributed by atoms with E-state index in [-0.39, 0.29) is 6.10 Å². The molecule has 1 N–H and O–H groups in total. The van der Waals surface area contributed by atoms with Crippen molar-refractivity contribution in [3.05, 3.63) is 39.4 Å². The zero-order valence-electron chi connectivity index (χ0n) is 13.5. The lowest BCUT2D eigenvalue weighted by molar-refractivity contribution is 0.242. The number of benzene rings is 1. The lowest BCUT2D eigenvalue weighted by Gasteiger charge is -2.11. The number of halogens is 1. The Labute approximate surface area is 146 Å². The molecule has 0 unspecified atom stereocenters. The summed E-state index contributed by atoms with van der Waals surface area (Å²) in [6.07, 6.45) is 4.77. The number of ether oxygens (including phenoxy) is 1. The third-order valence-electron chi connectivity index (χ3n) is 3.11. The molecule has 23 heavy (non-hydrogen) atoms. The second-order valence-corrected chi connectivity index (χ2v) is 6.26. The van der Waals surface area contributed by atoms with E-state index < -0.39 is 0 Å². The number of aryl methyl sites for hydroxylation is 1. The summed E-state index contributed by atoms with van der Waals surface area (Å²) in [5, 5.41) is 12.0. The molecule has 124 valence electrons. The third-order valence-corrected chi connectivity index (χ3v) is 3.67. The summed E-state index contributed by atoms with van der Waals surface area (Å²) in [4.78, 5) is 0. The van der Waals surface area contributed by atoms with Crippen LogP contribution in [-0.4, -0.2) is 27.2 Å². The van der Waals surface area contributed by atoms with Crippen LogP contribution in [0.5, 0.6) is 5.75 Å². The Balaban J connectivity index is 2.19. The van der Waals surface area contributed by atoms with E-state index in [1.807, 2.05) is 32.0 Å². The Kier molecular flexibility index (Phi) is 6.36. The smallest absolute Gasteiger partial charge is 0.216 e. The standard InChI is InChI=1S/C16H21ClN4OS/c1-4-5-6-15-19-20-16(23)21(15)18-10-12-7-8-14(13(17)9-12)22-11(2)3/h7-11H,4-6H2,1-3H3,(H,20,23)/b18-10-. The van der Waals surface area contributed by atoms with Gasteiger partial charge in [-0.3, -0.25) is 5.10 Å². The summed E-state index contributed by atoms with van der Waals surface area (Å²) < 4.78 is 7.75. The summed E-state index contributed by atoms with van der Waals surface area (Å²) in [6, 6.07) is 5.57. The number of nitrogens with zero attached hydrogens (tertiary/aromatic N) is 3. The topological polar surface area (TPSA) is 55.2 Å². The van der Waals surface area contributed by atoms with Gasteiger partial charge in [0.1, 0.15) is 5.75 Å². The van der Waals surface area contributed by atoms with Gasteiger partial charge in [0.15, 0.2) is 5.82 Å². The molecule has 0 aliphatic heterocycles. The second kappa shape index (κ2) is 8.26. The fourth-order valence-electron chi connectivity index (χ4n) is 2.01. The summed E-state index contributed by atoms with van der Waals surface area (Å²) in [7, 11) is 0. The Bertz CT molecular complexity index is 736. The average molecular weight is 353 g/mol. The Morgan fingerprint density at radius 3 is 2.91 bits per heavy atom. The molecular weight excluding hydrogens is 332 g/mol. The van der Waals surface area contributed by atoms with Gasteiger partial charge >= 0.3 is 0 Å². The molecule has 0 fully saturated rings. The molecule has 0 radical (unpaired) electrons. The fraction of sp³-hybridized carbons (Fsp3) is 0.438. The summed E-state index contributed by atoms with van der Waals surface area (Å²) in [5.74, 6) is 1.50. The maximum absolute atomic E-state index is 6.23. The SMILES string of the molecule is CCCCc1n[nH]c(=S)n1/N=C\c1ccc(OC(C)C)c(Cl)c1. The molecule has 1 aromatic carbocycles. The highest BCUT2D eigenvalue weighted by Crippen LogP contribution is 2.25. The van der Waals surface area contributed by atoms with Crippen molar-refractivity contribution in [2.75, 3.05) is 0 Å². The molecule has 0 saturated heterocycles. The maximum Gasteiger partial charge on any atom is 0.216 e. The van der Waals surface area contributed by atoms with Crippen LogP contribution in [0.1, 0.15) is 45.0 Å². The number of rotatable bonds is 7. The van der Waals surface area contributed by atoms with Crippen LogP contribution < -0.4 is 4.74 Å². The van der Waals surface area contributed by atoms with Crippen LogP contribution in [0.3, 0.4) is 0 Å². The van der Waals surface area contributed by atoms with Crippen LogP contribution in [-0.2, 0) is 6.42 Å². The van der Waals surface area contributed by atoms with Crippen LogP contribution in [0.25, 0.3) is 0 Å². The number of H-pyrrole nitrogens is 1. The van der Waals surface area contributed by atoms with Crippen molar-refractivity contribution in [2.24, 2.45) is 5.10 Å². The first-order chi connectivity index (χ1) is 11.0. The van der Waals surface area contributed by atoms with Crippen molar-refractivity contribution in [1.29, 1.82) is 0 Å². The van der Waals surface area contributed by atoms with Crippen molar-refractivity contribution in [2.45, 2.75) is 46.1 Å². The number of unbranched alkanes of at least 4 members (excludes halogenated alkanes) is 1. The van der Waals surface area contributed by atoms with Crippen molar-refractivity contribution in [3.8, 4) is 5.75 Å². The molecule has 2 aromatic rings. The molecule has 1 aromatic heterocycles. The van der Waals surface area contributed by atoms with E-state index in [4.69, 9.17) is 28.6 Å². The highest BCUT2D eigenvalue weighted by molar-refractivity contribution is 7.71. The lowest BCUT2D eigenvalue weighted by Crippen LogP contribution is -2.06. The van der Waals surface area contributed by atoms with Crippen LogP contribution in [0.4, 0.5) is 0 Å². The molecule has 0 amide bonds. The zero-order chi connectivity index (χ0) is 16.8. The Hall–Kier alpha value is -1.66. The van der Waals surface area contributed by atoms with Crippen molar-refractivity contribution in [3.63, 3.8) is 0 Å². The highest BCUT2D eigenvalue weighted by atomic mass is 35.5. The van der Waals surface area contributed by atoms with Gasteiger partial charge in [-0.2, -0.15) is 14.9 Å². The van der Waals surface area contributed by atoms with E-state index in [2.05, 4.69) is 22.2 Å². The third kappa shape index (κ3) is 4.91. The van der Waals surface area contributed by atoms with E-state index in [0.29, 0.717) is 15.5 Å². The van der Waals surface area contributed by atoms with E-state index in [1.54, 1.807) is 10.9 Å². The van der Waals surface area contributed by atoms with Gasteiger partial charge in [-0.15, -0.1) is 0 Å². The monoisotopic (exact) mass is 352 g/mol. The van der Waals surface area contributed by atoms with Gasteiger partial charge in [0.2, 0.25) is 4.77 Å². The number of hydrogen-bond acceptors (Lipinski definition) is 4. The summed E-state index contributed by atoms with van der Waals surface area (Å²) in [6.45, 7) is 6.06. The predicted molar refractivity (Wildman–Crippen MR) is 96.2 cm³/mol. The summed E-state index contributed by atoms with van der Waals surface area (Å²) in [5.41, 5.74) is 0.871. The van der Waals surface area contributed by atoms with Crippen LogP contribution in [0, 0.1) is 4.77 Å². The van der Waals surface area contributed by atoms with Gasteiger partial charge in [0, 0.05) is 6.42 Å². The minimum atomic E-state index is 0.0809. The first-order valence-electron chi connectivity index (χ1n) is 7.68. The van der Waals surface area contributed by atoms with Crippen molar-refractivity contribution in [1.82, 2.24) is 14.9 Å². The maximum atomic E-state index is 6.23. The second-order valence-electron chi connectivity index (χ2n) is 5.46. The highest BCUT2D eigenvalue weighted by Gasteiger charge is 2.06. The molecule has 0 atom stereocenters. The van der Waals surface area contributed by atoms with Crippen molar-refractivity contribution >= 4 is 30.0 Å². The van der Waals surface area contributed by atoms with E-state index in [9.17, 15) is 0 Å². The molecule has 0 aliphatic carbocycles. The van der Waals surface area contributed by atoms with Crippen molar-refractivity contribution < 1.29 is 4.74 Å². The quantitative estimate of drug-likeness (QED) is 0.585. The Morgan fingerprint density at radius 1 is 1.48 bits per heavy atom. The minimum Gasteiger partial charge on any atom is -0.489 e. The van der Waals surface area contributed by atoms with Gasteiger partial charge in [0.25, 0.3) is 0 Å². The Morgan fingerprint density at radius 2 is 2.26 bits per heavy atom. The van der Waals surface area contributed by atoms with Gasteiger partial charge in [-0.1, -0.05) is 24.9 Å². The number of aromatic amines is 1. The van der Waals surface area contributed by atoms with E-state index in [1.165, 1.54) is 0 Å². The van der Waals surface area contributed by atoms with Gasteiger partial charge < -0.3 is 4.74 Å². The fourth-order valence-corrected chi connectivity index (χ4v) is 2.44. The molecule has 1 heterocycles. The van der Waals surface area contributed by atoms with Gasteiger partial charge in [0.05, 0.1) is 17.3 Å². The molecule has 2 rings (SSSR count).